The second-order valence-electron chi connectivity index (χ2n) is 7.75. The Morgan fingerprint density at radius 1 is 1.23 bits per heavy atom. The van der Waals surface area contributed by atoms with E-state index in [-0.39, 0.29) is 12.2 Å². The van der Waals surface area contributed by atoms with Crippen LogP contribution in [0.2, 0.25) is 0 Å². The molecule has 2 aromatic heterocycles. The Labute approximate surface area is 181 Å². The molecule has 31 heavy (non-hydrogen) atoms. The molecule has 4 rings (SSSR count). The molecule has 1 aliphatic carbocycles. The summed E-state index contributed by atoms with van der Waals surface area (Å²) in [6, 6.07) is 13.8. The first-order valence-corrected chi connectivity index (χ1v) is 10.5. The van der Waals surface area contributed by atoms with Crippen molar-refractivity contribution < 1.29 is 9.84 Å². The van der Waals surface area contributed by atoms with Crippen LogP contribution in [0.4, 0.5) is 17.5 Å². The van der Waals surface area contributed by atoms with Gasteiger partial charge in [-0.25, -0.2) is 4.98 Å². The van der Waals surface area contributed by atoms with Gasteiger partial charge < -0.3 is 25.9 Å². The monoisotopic (exact) mass is 420 g/mol. The zero-order valence-electron chi connectivity index (χ0n) is 17.8. The van der Waals surface area contributed by atoms with Crippen molar-refractivity contribution in [2.45, 2.75) is 37.9 Å². The molecule has 1 aliphatic rings. The van der Waals surface area contributed by atoms with Gasteiger partial charge in [-0.3, -0.25) is 4.68 Å². The van der Waals surface area contributed by atoms with Gasteiger partial charge >= 0.3 is 0 Å². The second-order valence-corrected chi connectivity index (χ2v) is 7.75. The molecule has 2 heterocycles. The average molecular weight is 421 g/mol. The minimum absolute atomic E-state index is 0.0798. The van der Waals surface area contributed by atoms with Crippen LogP contribution in [0.1, 0.15) is 31.2 Å². The summed E-state index contributed by atoms with van der Waals surface area (Å²) in [6.07, 6.45) is 4.05. The van der Waals surface area contributed by atoms with Gasteiger partial charge in [-0.1, -0.05) is 30.3 Å². The van der Waals surface area contributed by atoms with Crippen LogP contribution < -0.4 is 15.4 Å². The van der Waals surface area contributed by atoms with E-state index in [2.05, 4.69) is 20.7 Å². The molecule has 3 aromatic rings. The van der Waals surface area contributed by atoms with E-state index >= 15 is 0 Å². The Bertz CT molecular complexity index is 1050. The minimum atomic E-state index is -0.337. The predicted molar refractivity (Wildman–Crippen MR) is 122 cm³/mol. The second kappa shape index (κ2) is 9.18. The van der Waals surface area contributed by atoms with E-state index in [1.54, 1.807) is 17.8 Å². The molecule has 1 fully saturated rings. The number of ether oxygens (including phenoxy) is 1. The van der Waals surface area contributed by atoms with Crippen molar-refractivity contribution in [2.24, 2.45) is 7.05 Å². The summed E-state index contributed by atoms with van der Waals surface area (Å²) >= 11 is 0. The number of anilines is 3. The molecule has 0 saturated heterocycles. The molecule has 2 atom stereocenters. The van der Waals surface area contributed by atoms with E-state index in [9.17, 15) is 5.11 Å². The first-order chi connectivity index (χ1) is 15.1. The van der Waals surface area contributed by atoms with Crippen molar-refractivity contribution in [3.05, 3.63) is 48.0 Å². The number of hydrogen-bond donors (Lipinski definition) is 4. The van der Waals surface area contributed by atoms with Crippen molar-refractivity contribution >= 4 is 23.7 Å². The summed E-state index contributed by atoms with van der Waals surface area (Å²) in [7, 11) is 3.64. The number of rotatable bonds is 7. The summed E-state index contributed by atoms with van der Waals surface area (Å²) < 4.78 is 7.99. The van der Waals surface area contributed by atoms with Gasteiger partial charge in [-0.05, 0) is 19.3 Å². The number of aryl methyl sites for hydroxylation is 1. The maximum atomic E-state index is 9.99. The minimum Gasteiger partial charge on any atom is -0.489 e. The lowest BCUT2D eigenvalue weighted by Gasteiger charge is -2.27. The molecule has 0 radical (unpaired) electrons. The van der Waals surface area contributed by atoms with Gasteiger partial charge in [0.15, 0.2) is 0 Å². The van der Waals surface area contributed by atoms with E-state index in [4.69, 9.17) is 10.1 Å². The Hall–Kier alpha value is -3.39. The standard InChI is InChI=1S/C23H28N6O2/c1-25-23-18(14-24)20(31-17-10-6-9-16(30)11-17)13-21(27-23)26-22-12-19(28-29(22)2)15-7-4-3-5-8-15/h3-5,7-8,12-14,16-17,24,30H,6,9-11H2,1-2H3,(H2,25,26,27). The third-order valence-corrected chi connectivity index (χ3v) is 5.50. The molecule has 0 spiro atoms. The zero-order valence-corrected chi connectivity index (χ0v) is 17.8. The molecular weight excluding hydrogens is 392 g/mol. The maximum absolute atomic E-state index is 9.99. The molecule has 8 heteroatoms. The number of hydrogen-bond acceptors (Lipinski definition) is 7. The summed E-state index contributed by atoms with van der Waals surface area (Å²) in [5, 5.41) is 28.8. The molecular formula is C23H28N6O2. The topological polar surface area (TPSA) is 108 Å². The van der Waals surface area contributed by atoms with Crippen LogP contribution in [0.15, 0.2) is 42.5 Å². The van der Waals surface area contributed by atoms with Crippen molar-refractivity contribution in [1.82, 2.24) is 14.8 Å². The lowest BCUT2D eigenvalue weighted by Crippen LogP contribution is -2.28. The zero-order chi connectivity index (χ0) is 21.8. The Kier molecular flexibility index (Phi) is 6.18. The first kappa shape index (κ1) is 20.9. The summed E-state index contributed by atoms with van der Waals surface area (Å²) in [4.78, 5) is 4.61. The van der Waals surface area contributed by atoms with E-state index < -0.39 is 0 Å². The van der Waals surface area contributed by atoms with Gasteiger partial charge in [0.25, 0.3) is 0 Å². The summed E-state index contributed by atoms with van der Waals surface area (Å²) in [6.45, 7) is 0. The number of aromatic nitrogens is 3. The van der Waals surface area contributed by atoms with Crippen LogP contribution in [0.5, 0.6) is 5.75 Å². The van der Waals surface area contributed by atoms with Gasteiger partial charge in [0, 0.05) is 44.4 Å². The third kappa shape index (κ3) is 4.69. The lowest BCUT2D eigenvalue weighted by atomic mass is 9.95. The van der Waals surface area contributed by atoms with Crippen LogP contribution in [0, 0.1) is 5.41 Å². The van der Waals surface area contributed by atoms with Crippen molar-refractivity contribution in [3.63, 3.8) is 0 Å². The van der Waals surface area contributed by atoms with Gasteiger partial charge in [0.2, 0.25) is 0 Å². The third-order valence-electron chi connectivity index (χ3n) is 5.50. The quantitative estimate of drug-likeness (QED) is 0.431. The Morgan fingerprint density at radius 2 is 2.03 bits per heavy atom. The van der Waals surface area contributed by atoms with E-state index in [0.29, 0.717) is 29.4 Å². The fourth-order valence-electron chi connectivity index (χ4n) is 3.90. The Balaban J connectivity index is 1.63. The average Bonchev–Trinajstić information content (AvgIpc) is 3.14. The molecule has 2 unspecified atom stereocenters. The van der Waals surface area contributed by atoms with Crippen LogP contribution >= 0.6 is 0 Å². The van der Waals surface area contributed by atoms with Crippen LogP contribution in [0.25, 0.3) is 11.3 Å². The molecule has 0 bridgehead atoms. The first-order valence-electron chi connectivity index (χ1n) is 10.5. The van der Waals surface area contributed by atoms with Crippen molar-refractivity contribution in [1.29, 1.82) is 5.41 Å². The molecule has 4 N–H and O–H groups in total. The fourth-order valence-corrected chi connectivity index (χ4v) is 3.90. The highest BCUT2D eigenvalue weighted by molar-refractivity contribution is 5.89. The number of aliphatic hydroxyl groups is 1. The number of pyridine rings is 1. The number of benzene rings is 1. The smallest absolute Gasteiger partial charge is 0.140 e. The van der Waals surface area contributed by atoms with Crippen LogP contribution in [-0.2, 0) is 7.05 Å². The number of aliphatic hydroxyl groups excluding tert-OH is 1. The van der Waals surface area contributed by atoms with Crippen LogP contribution in [-0.4, -0.2) is 45.3 Å². The molecule has 1 aromatic carbocycles. The van der Waals surface area contributed by atoms with Gasteiger partial charge in [0.1, 0.15) is 29.3 Å². The molecule has 0 amide bonds. The van der Waals surface area contributed by atoms with Crippen LogP contribution in [0.3, 0.4) is 0 Å². The normalized spacial score (nSPS) is 18.4. The Morgan fingerprint density at radius 3 is 2.74 bits per heavy atom. The largest absolute Gasteiger partial charge is 0.489 e. The summed E-state index contributed by atoms with van der Waals surface area (Å²) in [5.74, 6) is 2.50. The highest BCUT2D eigenvalue weighted by Gasteiger charge is 2.23. The maximum Gasteiger partial charge on any atom is 0.140 e. The lowest BCUT2D eigenvalue weighted by molar-refractivity contribution is 0.0536. The van der Waals surface area contributed by atoms with Crippen molar-refractivity contribution in [2.75, 3.05) is 17.7 Å². The summed E-state index contributed by atoms with van der Waals surface area (Å²) in [5.41, 5.74) is 2.49. The highest BCUT2D eigenvalue weighted by atomic mass is 16.5. The molecule has 8 nitrogen and oxygen atoms in total. The van der Waals surface area contributed by atoms with E-state index in [0.717, 1.165) is 36.3 Å². The number of nitrogens with zero attached hydrogens (tertiary/aromatic N) is 3. The SMILES string of the molecule is CNc1nc(Nc2cc(-c3ccccc3)nn2C)cc(OC2CCCC(O)C2)c1C=N. The molecule has 162 valence electrons. The number of nitrogens with one attached hydrogen (secondary N) is 3. The molecule has 0 aliphatic heterocycles. The predicted octanol–water partition coefficient (Wildman–Crippen LogP) is 3.95. The highest BCUT2D eigenvalue weighted by Crippen LogP contribution is 2.32. The van der Waals surface area contributed by atoms with E-state index in [1.807, 2.05) is 43.4 Å². The fraction of sp³-hybridized carbons (Fsp3) is 0.348. The van der Waals surface area contributed by atoms with Crippen molar-refractivity contribution in [3.8, 4) is 17.0 Å². The van der Waals surface area contributed by atoms with Gasteiger partial charge in [-0.15, -0.1) is 0 Å². The van der Waals surface area contributed by atoms with E-state index in [1.165, 1.54) is 6.21 Å². The van der Waals surface area contributed by atoms with Gasteiger partial charge in [-0.2, -0.15) is 5.10 Å². The van der Waals surface area contributed by atoms with Gasteiger partial charge in [0.05, 0.1) is 17.4 Å². The molecule has 1 saturated carbocycles.